The van der Waals surface area contributed by atoms with E-state index in [4.69, 9.17) is 4.74 Å². The zero-order valence-electron chi connectivity index (χ0n) is 11.3. The molecule has 0 saturated carbocycles. The summed E-state index contributed by atoms with van der Waals surface area (Å²) < 4.78 is 9.51. The maximum absolute atomic E-state index is 11.5. The number of carbonyl (C=O) groups excluding carboxylic acids is 3. The molecule has 5 heteroatoms. The van der Waals surface area contributed by atoms with Crippen molar-refractivity contribution in [2.24, 2.45) is 10.8 Å². The van der Waals surface area contributed by atoms with Crippen LogP contribution in [0.2, 0.25) is 0 Å². The zero-order valence-corrected chi connectivity index (χ0v) is 11.3. The Morgan fingerprint density at radius 2 is 1.24 bits per heavy atom. The average molecular weight is 298 g/mol. The second-order valence-electron chi connectivity index (χ2n) is 6.36. The van der Waals surface area contributed by atoms with Crippen LogP contribution in [-0.2, 0) is 23.9 Å². The molecule has 0 aromatic carbocycles. The molecule has 2 fully saturated rings. The summed E-state index contributed by atoms with van der Waals surface area (Å²) in [4.78, 5) is 34.3. The van der Waals surface area contributed by atoms with Crippen molar-refractivity contribution in [1.29, 1.82) is 0 Å². The first-order chi connectivity index (χ1) is 8.70. The summed E-state index contributed by atoms with van der Waals surface area (Å²) in [7, 11) is 0. The van der Waals surface area contributed by atoms with Gasteiger partial charge in [-0.2, -0.15) is 0 Å². The van der Waals surface area contributed by atoms with Crippen LogP contribution in [-0.4, -0.2) is 17.9 Å². The lowest BCUT2D eigenvalue weighted by atomic mass is 9.65. The third-order valence-electron chi connectivity index (χ3n) is 3.68. The third kappa shape index (κ3) is 4.69. The van der Waals surface area contributed by atoms with E-state index in [1.54, 1.807) is 0 Å². The highest BCUT2D eigenvalue weighted by Gasteiger charge is 2.45. The molecule has 21 heavy (non-hydrogen) atoms. The van der Waals surface area contributed by atoms with Gasteiger partial charge in [0.05, 0.1) is 19.3 Å². The highest BCUT2D eigenvalue weighted by Crippen LogP contribution is 2.48. The molecule has 0 radical (unpaired) electrons. The molecule has 2 aliphatic heterocycles. The second-order valence-corrected chi connectivity index (χ2v) is 6.36. The molecule has 0 bridgehead atoms. The van der Waals surface area contributed by atoms with E-state index in [2.05, 4.69) is 11.3 Å². The first kappa shape index (κ1) is 19.4. The second kappa shape index (κ2) is 6.41. The summed E-state index contributed by atoms with van der Waals surface area (Å²) in [5, 5.41) is 0. The largest absolute Gasteiger partial charge is 0.432 e. The van der Waals surface area contributed by atoms with Crippen LogP contribution < -0.4 is 0 Å². The predicted octanol–water partition coefficient (Wildman–Crippen LogP) is 3.38. The molecule has 0 N–H and O–H groups in total. The number of hydrogen-bond donors (Lipinski definition) is 0. The Balaban J connectivity index is 0.00000200. The van der Waals surface area contributed by atoms with Gasteiger partial charge in [0.15, 0.2) is 0 Å². The van der Waals surface area contributed by atoms with E-state index in [0.717, 1.165) is 0 Å². The van der Waals surface area contributed by atoms with Gasteiger partial charge in [-0.3, -0.25) is 14.4 Å². The van der Waals surface area contributed by atoms with Crippen molar-refractivity contribution in [1.82, 2.24) is 0 Å². The van der Waals surface area contributed by atoms with Crippen molar-refractivity contribution in [3.8, 4) is 0 Å². The minimum absolute atomic E-state index is 0. The molecule has 2 aliphatic rings. The molecule has 0 spiro atoms. The van der Waals surface area contributed by atoms with E-state index in [-0.39, 0.29) is 45.5 Å². The zero-order chi connectivity index (χ0) is 14.3. The molecule has 0 amide bonds. The van der Waals surface area contributed by atoms with Crippen LogP contribution >= 0.6 is 0 Å². The minimum Gasteiger partial charge on any atom is -0.432 e. The van der Waals surface area contributed by atoms with Gasteiger partial charge in [-0.1, -0.05) is 35.3 Å². The van der Waals surface area contributed by atoms with Crippen LogP contribution in [0.25, 0.3) is 0 Å². The van der Waals surface area contributed by atoms with Gasteiger partial charge in [-0.15, -0.1) is 0 Å². The maximum Gasteiger partial charge on any atom is 0.314 e. The lowest BCUT2D eigenvalue weighted by Gasteiger charge is -2.41. The van der Waals surface area contributed by atoms with Crippen LogP contribution in [0.4, 0.5) is 0 Å². The van der Waals surface area contributed by atoms with Crippen molar-refractivity contribution < 1.29 is 23.9 Å². The van der Waals surface area contributed by atoms with Gasteiger partial charge >= 0.3 is 17.9 Å². The number of carbonyl (C=O) groups is 3. The van der Waals surface area contributed by atoms with E-state index >= 15 is 0 Å². The number of rotatable bonds is 2. The van der Waals surface area contributed by atoms with Gasteiger partial charge in [-0.25, -0.2) is 0 Å². The lowest BCUT2D eigenvalue weighted by molar-refractivity contribution is -0.170. The quantitative estimate of drug-likeness (QED) is 0.577. The molecule has 2 saturated heterocycles. The molecule has 1 unspecified atom stereocenters. The number of hydrogen-bond acceptors (Lipinski definition) is 5. The Kier molecular flexibility index (Phi) is 5.91. The Morgan fingerprint density at radius 1 is 0.857 bits per heavy atom. The molecule has 0 aromatic rings. The lowest BCUT2D eigenvalue weighted by Crippen LogP contribution is -2.39. The standard InChI is InChI=1S/C14H18O5.2CH4/c1-9-4-13(2,5-10(15)18-9)8-14(3)6-11(16)19-12(17)7-14;;/h1,4-8H2,2-3H3;2*1H4. The summed E-state index contributed by atoms with van der Waals surface area (Å²) in [6.07, 6.45) is 1.85. The topological polar surface area (TPSA) is 69.7 Å². The highest BCUT2D eigenvalue weighted by atomic mass is 16.6. The van der Waals surface area contributed by atoms with Crippen LogP contribution in [0.15, 0.2) is 12.3 Å². The van der Waals surface area contributed by atoms with Gasteiger partial charge in [0, 0.05) is 6.42 Å². The number of allylic oxidation sites excluding steroid dienone is 1. The fourth-order valence-corrected chi connectivity index (χ4v) is 3.36. The molecule has 0 aliphatic carbocycles. The van der Waals surface area contributed by atoms with Crippen LogP contribution in [0.1, 0.15) is 60.8 Å². The number of esters is 3. The van der Waals surface area contributed by atoms with Crippen molar-refractivity contribution in [3.63, 3.8) is 0 Å². The van der Waals surface area contributed by atoms with E-state index in [0.29, 0.717) is 18.6 Å². The molecule has 2 rings (SSSR count). The molecule has 1 atom stereocenters. The molecule has 0 aromatic heterocycles. The Hall–Kier alpha value is -1.65. The van der Waals surface area contributed by atoms with E-state index in [9.17, 15) is 14.4 Å². The monoisotopic (exact) mass is 298 g/mol. The van der Waals surface area contributed by atoms with Gasteiger partial charge in [0.2, 0.25) is 0 Å². The van der Waals surface area contributed by atoms with Crippen LogP contribution in [0.5, 0.6) is 0 Å². The Labute approximate surface area is 126 Å². The van der Waals surface area contributed by atoms with E-state index in [1.165, 1.54) is 0 Å². The maximum atomic E-state index is 11.5. The summed E-state index contributed by atoms with van der Waals surface area (Å²) in [5.41, 5.74) is -0.780. The van der Waals surface area contributed by atoms with E-state index in [1.807, 2.05) is 13.8 Å². The Morgan fingerprint density at radius 3 is 1.67 bits per heavy atom. The normalized spacial score (nSPS) is 27.9. The van der Waals surface area contributed by atoms with Crippen molar-refractivity contribution in [3.05, 3.63) is 12.3 Å². The fourth-order valence-electron chi connectivity index (χ4n) is 3.36. The number of ether oxygens (including phenoxy) is 2. The van der Waals surface area contributed by atoms with Crippen LogP contribution in [0, 0.1) is 10.8 Å². The molecule has 120 valence electrons. The molecule has 2 heterocycles. The van der Waals surface area contributed by atoms with Gasteiger partial charge < -0.3 is 9.47 Å². The van der Waals surface area contributed by atoms with Gasteiger partial charge in [-0.05, 0) is 17.3 Å². The summed E-state index contributed by atoms with van der Waals surface area (Å²) in [5.74, 6) is -0.821. The number of cyclic esters (lactones) is 3. The van der Waals surface area contributed by atoms with Crippen molar-refractivity contribution in [2.45, 2.75) is 60.8 Å². The molecule has 5 nitrogen and oxygen atoms in total. The predicted molar refractivity (Wildman–Crippen MR) is 79.1 cm³/mol. The van der Waals surface area contributed by atoms with Gasteiger partial charge in [0.1, 0.15) is 5.76 Å². The summed E-state index contributed by atoms with van der Waals surface area (Å²) >= 11 is 0. The average Bonchev–Trinajstić information content (AvgIpc) is 2.08. The SMILES string of the molecule is C.C.C=C1CC(C)(CC2(C)CC(=O)OC(=O)C2)CC(=O)O1. The van der Waals surface area contributed by atoms with Crippen molar-refractivity contribution >= 4 is 17.9 Å². The third-order valence-corrected chi connectivity index (χ3v) is 3.68. The fraction of sp³-hybridized carbons (Fsp3) is 0.688. The minimum atomic E-state index is -0.487. The summed E-state index contributed by atoms with van der Waals surface area (Å²) in [6.45, 7) is 7.56. The summed E-state index contributed by atoms with van der Waals surface area (Å²) in [6, 6.07) is 0. The van der Waals surface area contributed by atoms with Crippen LogP contribution in [0.3, 0.4) is 0 Å². The first-order valence-electron chi connectivity index (χ1n) is 6.32. The molecular weight excluding hydrogens is 272 g/mol. The highest BCUT2D eigenvalue weighted by molar-refractivity contribution is 5.89. The first-order valence-corrected chi connectivity index (χ1v) is 6.32. The van der Waals surface area contributed by atoms with Gasteiger partial charge in [0.25, 0.3) is 0 Å². The Bertz CT molecular complexity index is 389. The molecular formula is C16H26O5. The smallest absolute Gasteiger partial charge is 0.314 e. The van der Waals surface area contributed by atoms with Crippen molar-refractivity contribution in [2.75, 3.05) is 0 Å². The van der Waals surface area contributed by atoms with E-state index < -0.39 is 17.4 Å².